The van der Waals surface area contributed by atoms with E-state index in [1.54, 1.807) is 12.1 Å². The molecule has 9 aliphatic rings. The summed E-state index contributed by atoms with van der Waals surface area (Å²) >= 11 is 0. The summed E-state index contributed by atoms with van der Waals surface area (Å²) in [5.41, 5.74) is 13.5. The number of nitrogens with zero attached hydrogens (tertiary/aromatic N) is 9. The molecule has 0 atom stereocenters. The molecule has 3 amide bonds. The van der Waals surface area contributed by atoms with E-state index in [4.69, 9.17) is 38.9 Å². The fraction of sp³-hybridized carbons (Fsp3) is 0.394. The SMILES string of the molecule is [2H]C([2H])([2H])N1C([2H])([2H])C([2H])([2H])N(c2ccc(C(=O)NC3=NCc4ccc(Cc5cc(F)cc(F)c5)cc43)c(CC3CCOCC3)c2)C([2H])([2H])C1([2H])[2H].[2H]C([2H])([2H])N1CCN(c2ccc(C(=O)NC3=NCc4ccc(Cc5cc(F)cc(F)c5)cc43)c(CC3CCOCC3)c2)CC1.[2H]C1([2H])CC(Cc2cc(N3CCN(C)CC3)ccc2C(=O)NC2=NCc3ccc(Cc4cc(F)cc(F)c4)cc32)CC([2H])([2H])O1. The first-order valence-corrected chi connectivity index (χ1v) is 41.7. The molecule has 0 unspecified atom stereocenters. The number of anilines is 3. The Balaban J connectivity index is 0.000000153. The van der Waals surface area contributed by atoms with Gasteiger partial charge in [0.25, 0.3) is 17.7 Å². The molecular formula is C99H108F6N12O6. The van der Waals surface area contributed by atoms with Gasteiger partial charge in [0.2, 0.25) is 0 Å². The highest BCUT2D eigenvalue weighted by Gasteiger charge is 2.31. The maximum Gasteiger partial charge on any atom is 0.257 e. The Morgan fingerprint density at radius 2 is 0.691 bits per heavy atom. The molecule has 642 valence electrons. The van der Waals surface area contributed by atoms with Gasteiger partial charge >= 0.3 is 0 Å². The molecule has 9 aliphatic heterocycles. The van der Waals surface area contributed by atoms with Crippen LogP contribution in [0.1, 0.15) is 178 Å². The number of hydrogen-bond donors (Lipinski definition) is 3. The van der Waals surface area contributed by atoms with Gasteiger partial charge in [0.05, 0.1) is 30.6 Å². The number of rotatable bonds is 18. The van der Waals surface area contributed by atoms with Crippen LogP contribution in [0.25, 0.3) is 0 Å². The first-order valence-electron chi connectivity index (χ1n) is 50.7. The van der Waals surface area contributed by atoms with Gasteiger partial charge < -0.3 is 59.6 Å². The maximum atomic E-state index is 14.0. The van der Waals surface area contributed by atoms with Gasteiger partial charge in [-0.2, -0.15) is 0 Å². The average Bonchev–Trinajstić information content (AvgIpc) is 0.965. The summed E-state index contributed by atoms with van der Waals surface area (Å²) in [4.78, 5) is 63.4. The van der Waals surface area contributed by atoms with Crippen molar-refractivity contribution in [1.82, 2.24) is 30.7 Å². The molecule has 18 nitrogen and oxygen atoms in total. The number of hydrogen-bond acceptors (Lipinski definition) is 15. The van der Waals surface area contributed by atoms with Crippen molar-refractivity contribution in [3.8, 4) is 0 Å². The van der Waals surface area contributed by atoms with E-state index in [0.29, 0.717) is 160 Å². The van der Waals surface area contributed by atoms with E-state index in [1.807, 2.05) is 72.8 Å². The van der Waals surface area contributed by atoms with Crippen LogP contribution >= 0.6 is 0 Å². The number of halogens is 6. The number of amidine groups is 3. The molecule has 6 fully saturated rings. The van der Waals surface area contributed by atoms with Crippen molar-refractivity contribution in [3.63, 3.8) is 0 Å². The second-order valence-corrected chi connectivity index (χ2v) is 32.5. The van der Waals surface area contributed by atoms with Crippen LogP contribution in [0.5, 0.6) is 0 Å². The van der Waals surface area contributed by atoms with Crippen molar-refractivity contribution in [2.75, 3.05) is 154 Å². The highest BCUT2D eigenvalue weighted by Crippen LogP contribution is 2.34. The van der Waals surface area contributed by atoms with Crippen LogP contribution in [-0.4, -0.2) is 189 Å². The van der Waals surface area contributed by atoms with E-state index in [1.165, 1.54) is 59.5 Å². The standard InChI is InChI=1S/3C33H36F2N4O2/c3*1-38-8-10-39(11-9-38)29-4-5-30(26(19-29)15-22-6-12-41-13-7-22)33(40)37-32-31-18-23(2-3-25(31)21-36-32)14-24-16-27(34)20-28(35)17-24/h3*2-5,16-20,22H,6-15,21H2,1H3,(H,36,37,40)/i1D3,8D2,9D2,10D2,11D2;12D2,13D2;1D3. The summed E-state index contributed by atoms with van der Waals surface area (Å²) < 4.78 is 247. The third-order valence-electron chi connectivity index (χ3n) is 23.6. The number of benzene rings is 9. The molecule has 123 heavy (non-hydrogen) atoms. The van der Waals surface area contributed by atoms with Gasteiger partial charge in [0.1, 0.15) is 52.4 Å². The lowest BCUT2D eigenvalue weighted by Gasteiger charge is -2.34. The van der Waals surface area contributed by atoms with Crippen LogP contribution in [0, 0.1) is 52.7 Å². The minimum Gasteiger partial charge on any atom is -0.381 e. The molecule has 24 heteroatoms. The lowest BCUT2D eigenvalue weighted by Crippen LogP contribution is -2.44. The van der Waals surface area contributed by atoms with E-state index in [9.17, 15) is 40.7 Å². The van der Waals surface area contributed by atoms with Crippen molar-refractivity contribution in [1.29, 1.82) is 0 Å². The molecule has 0 radical (unpaired) electrons. The van der Waals surface area contributed by atoms with Crippen molar-refractivity contribution in [2.45, 2.75) is 96.7 Å². The number of fused-ring (bicyclic) bond motifs is 3. The lowest BCUT2D eigenvalue weighted by atomic mass is 9.89. The Morgan fingerprint density at radius 1 is 0.366 bits per heavy atom. The lowest BCUT2D eigenvalue weighted by molar-refractivity contribution is 0.0663. The normalized spacial score (nSPS) is 22.7. The van der Waals surface area contributed by atoms with Gasteiger partial charge in [0, 0.05) is 200 Å². The average molecular weight is 1690 g/mol. The summed E-state index contributed by atoms with van der Waals surface area (Å²) in [5.74, 6) is -3.92. The second kappa shape index (κ2) is 39.8. The predicted molar refractivity (Wildman–Crippen MR) is 470 cm³/mol. The number of piperazine rings is 3. The quantitative estimate of drug-likeness (QED) is 0.0696. The molecule has 18 rings (SSSR count). The van der Waals surface area contributed by atoms with E-state index in [2.05, 4.69) is 58.7 Å². The van der Waals surface area contributed by atoms with E-state index < -0.39 is 93.9 Å². The first kappa shape index (κ1) is 65.8. The van der Waals surface area contributed by atoms with Gasteiger partial charge in [-0.25, -0.2) is 26.3 Å². The smallest absolute Gasteiger partial charge is 0.257 e. The Labute approximate surface area is 741 Å². The van der Waals surface area contributed by atoms with E-state index in [0.717, 1.165) is 125 Å². The molecule has 0 bridgehead atoms. The van der Waals surface area contributed by atoms with E-state index in [-0.39, 0.29) is 82.8 Å². The van der Waals surface area contributed by atoms with Crippen LogP contribution in [0.15, 0.2) is 179 Å². The summed E-state index contributed by atoms with van der Waals surface area (Å²) in [6.07, 6.45) is 5.36. The summed E-state index contributed by atoms with van der Waals surface area (Å²) in [6.45, 7) is -14.8. The fourth-order valence-corrected chi connectivity index (χ4v) is 17.0. The molecule has 9 heterocycles. The molecule has 0 aromatic heterocycles. The highest BCUT2D eigenvalue weighted by molar-refractivity contribution is 6.16. The minimum absolute atomic E-state index is 0.00845. The third-order valence-corrected chi connectivity index (χ3v) is 23.6. The highest BCUT2D eigenvalue weighted by atomic mass is 19.2. The molecule has 0 aliphatic carbocycles. The molecule has 0 spiro atoms. The first-order chi connectivity index (χ1) is 66.6. The summed E-state index contributed by atoms with van der Waals surface area (Å²) in [5, 5.41) is 8.85. The minimum atomic E-state index is -3.56. The van der Waals surface area contributed by atoms with Crippen molar-refractivity contribution in [2.24, 2.45) is 32.7 Å². The van der Waals surface area contributed by atoms with Crippen LogP contribution < -0.4 is 30.7 Å². The number of carbonyl (C=O) groups excluding carboxylic acids is 3. The molecule has 9 aromatic rings. The van der Waals surface area contributed by atoms with Crippen molar-refractivity contribution < 1.29 is 79.6 Å². The predicted octanol–water partition coefficient (Wildman–Crippen LogP) is 14.9. The number of ether oxygens (including phenoxy) is 3. The number of carbonyl (C=O) groups is 3. The van der Waals surface area contributed by atoms with Gasteiger partial charge in [-0.05, 0) is 292 Å². The fourth-order valence-electron chi connectivity index (χ4n) is 17.0. The zero-order valence-corrected chi connectivity index (χ0v) is 68.2. The number of aliphatic imine (C=N–C) groups is 3. The van der Waals surface area contributed by atoms with Crippen LogP contribution in [0.4, 0.5) is 43.4 Å². The van der Waals surface area contributed by atoms with Crippen molar-refractivity contribution >= 4 is 52.3 Å². The van der Waals surface area contributed by atoms with Gasteiger partial charge in [-0.1, -0.05) is 36.4 Å². The Morgan fingerprint density at radius 3 is 1.03 bits per heavy atom. The summed E-state index contributed by atoms with van der Waals surface area (Å²) in [6, 6.07) is 42.5. The molecule has 6 saturated heterocycles. The topological polar surface area (TPSA) is 172 Å². The van der Waals surface area contributed by atoms with Crippen molar-refractivity contribution in [3.05, 3.63) is 299 Å². The number of amides is 3. The third kappa shape index (κ3) is 22.2. The molecule has 0 saturated carbocycles. The monoisotopic (exact) mass is 1690 g/mol. The largest absolute Gasteiger partial charge is 0.381 e. The maximum absolute atomic E-state index is 14.0. The number of likely N-dealkylation sites (N-methyl/N-ethyl adjacent to an activating group) is 3. The van der Waals surface area contributed by atoms with Crippen LogP contribution in [0.3, 0.4) is 0 Å². The zero-order chi connectivity index (χ0) is 101. The Kier molecular flexibility index (Phi) is 21.3. The van der Waals surface area contributed by atoms with E-state index >= 15 is 0 Å². The summed E-state index contributed by atoms with van der Waals surface area (Å²) in [7, 11) is 2.08. The molecule has 9 aromatic carbocycles. The second-order valence-electron chi connectivity index (χ2n) is 32.5. The van der Waals surface area contributed by atoms with Crippen LogP contribution in [0.2, 0.25) is 0 Å². The zero-order valence-electron chi connectivity index (χ0n) is 86.2. The Bertz CT molecular complexity index is 6200. The van der Waals surface area contributed by atoms with Gasteiger partial charge in [-0.3, -0.25) is 29.4 Å². The number of nitrogens with one attached hydrogen (secondary N) is 3. The van der Waals surface area contributed by atoms with Gasteiger partial charge in [-0.15, -0.1) is 0 Å². The Hall–Kier alpha value is -10.9. The molecular weight excluding hydrogens is 1570 g/mol. The van der Waals surface area contributed by atoms with Gasteiger partial charge in [0.15, 0.2) is 0 Å². The van der Waals surface area contributed by atoms with Crippen LogP contribution in [-0.2, 0) is 72.4 Å². The molecule has 3 N–H and O–H groups in total.